The van der Waals surface area contributed by atoms with Crippen LogP contribution in [-0.2, 0) is 14.8 Å². The molecule has 0 spiro atoms. The predicted molar refractivity (Wildman–Crippen MR) is 70.8 cm³/mol. The van der Waals surface area contributed by atoms with Gasteiger partial charge in [-0.05, 0) is 32.6 Å². The Labute approximate surface area is 110 Å². The molecule has 1 aliphatic rings. The SMILES string of the molecule is CCOCCS(=O)(=O)NC(C)(CN)C1CC1.Cl. The van der Waals surface area contributed by atoms with Gasteiger partial charge in [-0.3, -0.25) is 0 Å². The Morgan fingerprint density at radius 3 is 2.47 bits per heavy atom. The molecule has 1 fully saturated rings. The van der Waals surface area contributed by atoms with Crippen molar-refractivity contribution < 1.29 is 13.2 Å². The quantitative estimate of drug-likeness (QED) is 0.637. The van der Waals surface area contributed by atoms with Crippen molar-refractivity contribution in [3.05, 3.63) is 0 Å². The molecule has 104 valence electrons. The molecule has 3 N–H and O–H groups in total. The van der Waals surface area contributed by atoms with E-state index < -0.39 is 15.6 Å². The Bertz CT molecular complexity index is 320. The van der Waals surface area contributed by atoms with E-state index in [9.17, 15) is 8.42 Å². The summed E-state index contributed by atoms with van der Waals surface area (Å²) in [6, 6.07) is 0. The Morgan fingerprint density at radius 2 is 2.06 bits per heavy atom. The van der Waals surface area contributed by atoms with Crippen molar-refractivity contribution in [3.8, 4) is 0 Å². The lowest BCUT2D eigenvalue weighted by Gasteiger charge is -2.29. The van der Waals surface area contributed by atoms with Crippen LogP contribution in [0, 0.1) is 5.92 Å². The van der Waals surface area contributed by atoms with E-state index in [1.165, 1.54) is 0 Å². The maximum Gasteiger partial charge on any atom is 0.214 e. The van der Waals surface area contributed by atoms with Crippen molar-refractivity contribution in [3.63, 3.8) is 0 Å². The van der Waals surface area contributed by atoms with E-state index in [-0.39, 0.29) is 24.8 Å². The maximum atomic E-state index is 11.8. The highest BCUT2D eigenvalue weighted by molar-refractivity contribution is 7.89. The van der Waals surface area contributed by atoms with Gasteiger partial charge < -0.3 is 10.5 Å². The standard InChI is InChI=1S/C10H22N2O3S.ClH/c1-3-15-6-7-16(13,14)12-10(2,8-11)9-4-5-9;/h9,12H,3-8,11H2,1-2H3;1H. The molecule has 0 aromatic carbocycles. The average molecular weight is 287 g/mol. The third kappa shape index (κ3) is 5.52. The second-order valence-electron chi connectivity index (χ2n) is 4.51. The molecular weight excluding hydrogens is 264 g/mol. The van der Waals surface area contributed by atoms with Crippen molar-refractivity contribution in [1.29, 1.82) is 0 Å². The molecule has 0 aliphatic heterocycles. The molecule has 0 aromatic heterocycles. The molecule has 5 nitrogen and oxygen atoms in total. The molecule has 1 saturated carbocycles. The van der Waals surface area contributed by atoms with Crippen molar-refractivity contribution in [2.24, 2.45) is 11.7 Å². The first-order valence-electron chi connectivity index (χ1n) is 5.73. The fourth-order valence-electron chi connectivity index (χ4n) is 1.73. The van der Waals surface area contributed by atoms with Gasteiger partial charge in [0.1, 0.15) is 0 Å². The average Bonchev–Trinajstić information content (AvgIpc) is 3.00. The van der Waals surface area contributed by atoms with Gasteiger partial charge >= 0.3 is 0 Å². The van der Waals surface area contributed by atoms with Gasteiger partial charge in [0.25, 0.3) is 0 Å². The lowest BCUT2D eigenvalue weighted by molar-refractivity contribution is 0.163. The van der Waals surface area contributed by atoms with Crippen LogP contribution >= 0.6 is 12.4 Å². The summed E-state index contributed by atoms with van der Waals surface area (Å²) in [5.41, 5.74) is 5.17. The number of ether oxygens (including phenoxy) is 1. The van der Waals surface area contributed by atoms with E-state index in [4.69, 9.17) is 10.5 Å². The van der Waals surface area contributed by atoms with E-state index in [1.54, 1.807) is 0 Å². The van der Waals surface area contributed by atoms with Gasteiger partial charge in [-0.1, -0.05) is 0 Å². The van der Waals surface area contributed by atoms with Gasteiger partial charge in [-0.15, -0.1) is 12.4 Å². The fourth-order valence-corrected chi connectivity index (χ4v) is 3.13. The summed E-state index contributed by atoms with van der Waals surface area (Å²) in [4.78, 5) is 0. The number of sulfonamides is 1. The van der Waals surface area contributed by atoms with Crippen molar-refractivity contribution in [2.45, 2.75) is 32.2 Å². The third-order valence-corrected chi connectivity index (χ3v) is 4.47. The first-order chi connectivity index (χ1) is 7.43. The van der Waals surface area contributed by atoms with E-state index in [1.807, 2.05) is 13.8 Å². The molecule has 0 aromatic rings. The van der Waals surface area contributed by atoms with Gasteiger partial charge in [-0.2, -0.15) is 0 Å². The molecule has 0 heterocycles. The van der Waals surface area contributed by atoms with Crippen molar-refractivity contribution in [2.75, 3.05) is 25.5 Å². The molecule has 0 bridgehead atoms. The van der Waals surface area contributed by atoms with E-state index >= 15 is 0 Å². The smallest absolute Gasteiger partial charge is 0.214 e. The van der Waals surface area contributed by atoms with Gasteiger partial charge in [0.2, 0.25) is 10.0 Å². The Hall–Kier alpha value is 0.120. The highest BCUT2D eigenvalue weighted by Crippen LogP contribution is 2.39. The number of nitrogens with two attached hydrogens (primary N) is 1. The minimum absolute atomic E-state index is 0. The first-order valence-corrected chi connectivity index (χ1v) is 7.38. The molecule has 7 heteroatoms. The summed E-state index contributed by atoms with van der Waals surface area (Å²) in [6.45, 7) is 4.83. The minimum Gasteiger partial charge on any atom is -0.381 e. The molecule has 17 heavy (non-hydrogen) atoms. The lowest BCUT2D eigenvalue weighted by Crippen LogP contribution is -2.53. The number of halogens is 1. The second kappa shape index (κ2) is 6.89. The maximum absolute atomic E-state index is 11.8. The van der Waals surface area contributed by atoms with Crippen LogP contribution in [0.4, 0.5) is 0 Å². The third-order valence-electron chi connectivity index (χ3n) is 2.99. The summed E-state index contributed by atoms with van der Waals surface area (Å²) in [7, 11) is -3.28. The Kier molecular flexibility index (Phi) is 6.94. The Morgan fingerprint density at radius 1 is 1.47 bits per heavy atom. The van der Waals surface area contributed by atoms with Gasteiger partial charge in [-0.25, -0.2) is 13.1 Å². The summed E-state index contributed by atoms with van der Waals surface area (Å²) in [5.74, 6) is 0.391. The topological polar surface area (TPSA) is 81.4 Å². The molecule has 1 rings (SSSR count). The zero-order valence-electron chi connectivity index (χ0n) is 10.4. The minimum atomic E-state index is -3.28. The lowest BCUT2D eigenvalue weighted by atomic mass is 9.98. The Balaban J connectivity index is 0.00000256. The highest BCUT2D eigenvalue weighted by atomic mass is 35.5. The number of hydrogen-bond acceptors (Lipinski definition) is 4. The predicted octanol–water partition coefficient (Wildman–Crippen LogP) is 0.491. The summed E-state index contributed by atoms with van der Waals surface area (Å²) in [5, 5.41) is 0. The normalized spacial score (nSPS) is 19.5. The summed E-state index contributed by atoms with van der Waals surface area (Å²) in [6.07, 6.45) is 2.11. The van der Waals surface area contributed by atoms with Gasteiger partial charge in [0, 0.05) is 18.7 Å². The van der Waals surface area contributed by atoms with Crippen molar-refractivity contribution in [1.82, 2.24) is 4.72 Å². The van der Waals surface area contributed by atoms with E-state index in [0.717, 1.165) is 12.8 Å². The molecule has 1 unspecified atom stereocenters. The van der Waals surface area contributed by atoms with Crippen LogP contribution in [0.25, 0.3) is 0 Å². The van der Waals surface area contributed by atoms with E-state index in [0.29, 0.717) is 19.1 Å². The molecule has 0 saturated heterocycles. The zero-order chi connectivity index (χ0) is 12.2. The highest BCUT2D eigenvalue weighted by Gasteiger charge is 2.42. The van der Waals surface area contributed by atoms with Crippen LogP contribution in [0.2, 0.25) is 0 Å². The first kappa shape index (κ1) is 17.1. The van der Waals surface area contributed by atoms with Crippen LogP contribution in [0.3, 0.4) is 0 Å². The van der Waals surface area contributed by atoms with Crippen molar-refractivity contribution >= 4 is 22.4 Å². The van der Waals surface area contributed by atoms with Crippen LogP contribution < -0.4 is 10.5 Å². The van der Waals surface area contributed by atoms with Crippen LogP contribution in [0.15, 0.2) is 0 Å². The second-order valence-corrected chi connectivity index (χ2v) is 6.36. The molecule has 0 amide bonds. The summed E-state index contributed by atoms with van der Waals surface area (Å²) < 4.78 is 31.3. The molecule has 1 aliphatic carbocycles. The largest absolute Gasteiger partial charge is 0.381 e. The van der Waals surface area contributed by atoms with Crippen LogP contribution in [-0.4, -0.2) is 39.5 Å². The monoisotopic (exact) mass is 286 g/mol. The van der Waals surface area contributed by atoms with Gasteiger partial charge in [0.15, 0.2) is 0 Å². The van der Waals surface area contributed by atoms with E-state index in [2.05, 4.69) is 4.72 Å². The zero-order valence-corrected chi connectivity index (χ0v) is 12.1. The van der Waals surface area contributed by atoms with Crippen LogP contribution in [0.5, 0.6) is 0 Å². The molecule has 0 radical (unpaired) electrons. The molecule has 1 atom stereocenters. The van der Waals surface area contributed by atoms with Crippen LogP contribution in [0.1, 0.15) is 26.7 Å². The fraction of sp³-hybridized carbons (Fsp3) is 1.00. The number of rotatable bonds is 8. The molecular formula is C10H23ClN2O3S. The summed E-state index contributed by atoms with van der Waals surface area (Å²) >= 11 is 0. The van der Waals surface area contributed by atoms with Gasteiger partial charge in [0.05, 0.1) is 12.4 Å². The number of hydrogen-bond donors (Lipinski definition) is 2. The number of nitrogens with one attached hydrogen (secondary N) is 1.